The molecule has 0 aliphatic carbocycles. The highest BCUT2D eigenvalue weighted by molar-refractivity contribution is 5.94. The number of nitrogens with one attached hydrogen (secondary N) is 2. The summed E-state index contributed by atoms with van der Waals surface area (Å²) in [4.78, 5) is 22.0. The van der Waals surface area contributed by atoms with E-state index in [1.807, 2.05) is 0 Å². The van der Waals surface area contributed by atoms with Crippen LogP contribution in [0.25, 0.3) is 0 Å². The average Bonchev–Trinajstić information content (AvgIpc) is 2.30. The zero-order chi connectivity index (χ0) is 12.8. The van der Waals surface area contributed by atoms with Gasteiger partial charge in [0.1, 0.15) is 11.6 Å². The van der Waals surface area contributed by atoms with Gasteiger partial charge in [-0.05, 0) is 12.1 Å². The van der Waals surface area contributed by atoms with E-state index in [2.05, 4.69) is 10.6 Å². The molecule has 0 radical (unpaired) electrons. The molecule has 0 spiro atoms. The van der Waals surface area contributed by atoms with Gasteiger partial charge in [-0.25, -0.2) is 8.78 Å². The van der Waals surface area contributed by atoms with Crippen LogP contribution in [-0.4, -0.2) is 24.9 Å². The molecular weight excluding hydrogens is 232 g/mol. The monoisotopic (exact) mass is 243 g/mol. The lowest BCUT2D eigenvalue weighted by atomic mass is 10.3. The normalized spacial score (nSPS) is 9.82. The fourth-order valence-corrected chi connectivity index (χ4v) is 1.04. The van der Waals surface area contributed by atoms with Crippen molar-refractivity contribution in [3.05, 3.63) is 29.8 Å². The first-order valence-corrected chi connectivity index (χ1v) is 4.74. The molecule has 17 heavy (non-hydrogen) atoms. The van der Waals surface area contributed by atoms with Gasteiger partial charge in [0, 0.05) is 6.07 Å². The van der Waals surface area contributed by atoms with Crippen LogP contribution in [0.3, 0.4) is 0 Å². The molecule has 1 aromatic carbocycles. The van der Waals surface area contributed by atoms with Crippen molar-refractivity contribution in [3.63, 3.8) is 0 Å². The van der Waals surface area contributed by atoms with Crippen LogP contribution in [0.5, 0.6) is 0 Å². The van der Waals surface area contributed by atoms with Gasteiger partial charge in [0.25, 0.3) is 0 Å². The molecule has 0 bridgehead atoms. The lowest BCUT2D eigenvalue weighted by molar-refractivity contribution is -0.123. The molecule has 5 nitrogen and oxygen atoms in total. The maximum Gasteiger partial charge on any atom is 0.243 e. The second kappa shape index (κ2) is 5.90. The number of amides is 2. The van der Waals surface area contributed by atoms with Gasteiger partial charge in [-0.1, -0.05) is 0 Å². The molecular formula is C10H11F2N3O2. The van der Waals surface area contributed by atoms with Gasteiger partial charge in [0.2, 0.25) is 11.8 Å². The van der Waals surface area contributed by atoms with Crippen molar-refractivity contribution in [2.75, 3.05) is 18.4 Å². The van der Waals surface area contributed by atoms with E-state index in [0.29, 0.717) is 0 Å². The Morgan fingerprint density at radius 3 is 2.59 bits per heavy atom. The van der Waals surface area contributed by atoms with E-state index in [4.69, 9.17) is 5.73 Å². The first kappa shape index (κ1) is 13.0. The topological polar surface area (TPSA) is 84.2 Å². The van der Waals surface area contributed by atoms with E-state index in [9.17, 15) is 18.4 Å². The van der Waals surface area contributed by atoms with E-state index >= 15 is 0 Å². The van der Waals surface area contributed by atoms with E-state index in [1.165, 1.54) is 0 Å². The van der Waals surface area contributed by atoms with Crippen LogP contribution in [0.4, 0.5) is 14.5 Å². The predicted molar refractivity (Wildman–Crippen MR) is 57.1 cm³/mol. The lowest BCUT2D eigenvalue weighted by Crippen LogP contribution is -2.36. The fraction of sp³-hybridized carbons (Fsp3) is 0.200. The highest BCUT2D eigenvalue weighted by Crippen LogP contribution is 2.14. The SMILES string of the molecule is NCC(=O)NCC(=O)Nc1cc(F)ccc1F. The first-order chi connectivity index (χ1) is 8.02. The van der Waals surface area contributed by atoms with Crippen molar-refractivity contribution in [1.29, 1.82) is 0 Å². The van der Waals surface area contributed by atoms with Crippen molar-refractivity contribution in [2.45, 2.75) is 0 Å². The second-order valence-electron chi connectivity index (χ2n) is 3.15. The van der Waals surface area contributed by atoms with Crippen LogP contribution in [0.15, 0.2) is 18.2 Å². The summed E-state index contributed by atoms with van der Waals surface area (Å²) in [6.07, 6.45) is 0. The van der Waals surface area contributed by atoms with Gasteiger partial charge in [-0.2, -0.15) is 0 Å². The van der Waals surface area contributed by atoms with Crippen LogP contribution in [0.2, 0.25) is 0 Å². The molecule has 0 aliphatic heterocycles. The lowest BCUT2D eigenvalue weighted by Gasteiger charge is -2.07. The van der Waals surface area contributed by atoms with Crippen LogP contribution >= 0.6 is 0 Å². The van der Waals surface area contributed by atoms with E-state index in [-0.39, 0.29) is 18.8 Å². The minimum atomic E-state index is -0.759. The van der Waals surface area contributed by atoms with E-state index < -0.39 is 23.4 Å². The van der Waals surface area contributed by atoms with Gasteiger partial charge in [0.15, 0.2) is 0 Å². The molecule has 0 fully saturated rings. The predicted octanol–water partition coefficient (Wildman–Crippen LogP) is -0.0218. The maximum absolute atomic E-state index is 13.1. The van der Waals surface area contributed by atoms with Crippen molar-refractivity contribution in [3.8, 4) is 0 Å². The molecule has 0 aliphatic rings. The van der Waals surface area contributed by atoms with Crippen LogP contribution < -0.4 is 16.4 Å². The van der Waals surface area contributed by atoms with Crippen molar-refractivity contribution < 1.29 is 18.4 Å². The summed E-state index contributed by atoms with van der Waals surface area (Å²) in [5.74, 6) is -2.62. The Labute approximate surface area is 96.0 Å². The van der Waals surface area contributed by atoms with Crippen LogP contribution in [0.1, 0.15) is 0 Å². The average molecular weight is 243 g/mol. The number of hydrogen-bond donors (Lipinski definition) is 3. The number of benzene rings is 1. The van der Waals surface area contributed by atoms with Crippen molar-refractivity contribution in [2.24, 2.45) is 5.73 Å². The fourth-order valence-electron chi connectivity index (χ4n) is 1.04. The van der Waals surface area contributed by atoms with E-state index in [0.717, 1.165) is 18.2 Å². The summed E-state index contributed by atoms with van der Waals surface area (Å²) in [6, 6.07) is 2.67. The summed E-state index contributed by atoms with van der Waals surface area (Å²) in [7, 11) is 0. The molecule has 0 unspecified atom stereocenters. The molecule has 4 N–H and O–H groups in total. The summed E-state index contributed by atoms with van der Waals surface area (Å²) >= 11 is 0. The zero-order valence-corrected chi connectivity index (χ0v) is 8.80. The Bertz CT molecular complexity index is 438. The molecule has 7 heteroatoms. The molecule has 1 aromatic rings. The first-order valence-electron chi connectivity index (χ1n) is 4.74. The molecule has 0 saturated heterocycles. The van der Waals surface area contributed by atoms with Crippen molar-refractivity contribution >= 4 is 17.5 Å². The van der Waals surface area contributed by atoms with Gasteiger partial charge in [-0.15, -0.1) is 0 Å². The molecule has 0 atom stereocenters. The summed E-state index contributed by atoms with van der Waals surface area (Å²) in [6.45, 7) is -0.604. The number of carbonyl (C=O) groups is 2. The third-order valence-electron chi connectivity index (χ3n) is 1.83. The number of hydrogen-bond acceptors (Lipinski definition) is 3. The van der Waals surface area contributed by atoms with Crippen molar-refractivity contribution in [1.82, 2.24) is 5.32 Å². The Morgan fingerprint density at radius 1 is 1.24 bits per heavy atom. The smallest absolute Gasteiger partial charge is 0.243 e. The third-order valence-corrected chi connectivity index (χ3v) is 1.83. The Balaban J connectivity index is 2.56. The maximum atomic E-state index is 13.1. The Kier molecular flexibility index (Phi) is 4.53. The highest BCUT2D eigenvalue weighted by atomic mass is 19.1. The summed E-state index contributed by atoms with van der Waals surface area (Å²) < 4.78 is 25.9. The number of anilines is 1. The molecule has 92 valence electrons. The number of halogens is 2. The van der Waals surface area contributed by atoms with Gasteiger partial charge in [-0.3, -0.25) is 9.59 Å². The van der Waals surface area contributed by atoms with E-state index in [1.54, 1.807) is 0 Å². The largest absolute Gasteiger partial charge is 0.346 e. The van der Waals surface area contributed by atoms with Crippen LogP contribution in [-0.2, 0) is 9.59 Å². The number of rotatable bonds is 4. The Morgan fingerprint density at radius 2 is 1.94 bits per heavy atom. The van der Waals surface area contributed by atoms with Crippen LogP contribution in [0, 0.1) is 11.6 Å². The number of carbonyl (C=O) groups excluding carboxylic acids is 2. The molecule has 0 saturated carbocycles. The highest BCUT2D eigenvalue weighted by Gasteiger charge is 2.08. The number of nitrogens with two attached hydrogens (primary N) is 1. The molecule has 1 rings (SSSR count). The Hall–Kier alpha value is -2.02. The summed E-state index contributed by atoms with van der Waals surface area (Å²) in [5, 5.41) is 4.32. The zero-order valence-electron chi connectivity index (χ0n) is 8.80. The molecule has 2 amide bonds. The summed E-state index contributed by atoms with van der Waals surface area (Å²) in [5.41, 5.74) is 4.72. The van der Waals surface area contributed by atoms with Gasteiger partial charge >= 0.3 is 0 Å². The standard InChI is InChI=1S/C10H11F2N3O2/c11-6-1-2-7(12)8(3-6)15-10(17)5-14-9(16)4-13/h1-3H,4-5,13H2,(H,14,16)(H,15,17). The minimum Gasteiger partial charge on any atom is -0.346 e. The van der Waals surface area contributed by atoms with Gasteiger partial charge in [0.05, 0.1) is 18.8 Å². The molecule has 0 heterocycles. The second-order valence-corrected chi connectivity index (χ2v) is 3.15. The van der Waals surface area contributed by atoms with Gasteiger partial charge < -0.3 is 16.4 Å². The third kappa shape index (κ3) is 4.15. The minimum absolute atomic E-state index is 0.248. The quantitative estimate of drug-likeness (QED) is 0.694. The molecule has 0 aromatic heterocycles.